The number of hydrogen-bond acceptors (Lipinski definition) is 6. The standard InChI is InChI=1S/C22H19N3O4S/c1-29-18-11-14(7-9-19(18)30-16-5-3-2-4-6-16)17-13-24-25-21(17)23-12-15(22(25)28)8-10-20(26)27/h2-7,9,11-13,28H,8,10H2,1H3,(H,26,27). The Labute approximate surface area is 177 Å². The van der Waals surface area contributed by atoms with Gasteiger partial charge in [-0.25, -0.2) is 4.98 Å². The van der Waals surface area contributed by atoms with Gasteiger partial charge in [0.1, 0.15) is 5.75 Å². The van der Waals surface area contributed by atoms with E-state index in [1.807, 2.05) is 48.5 Å². The number of benzene rings is 2. The van der Waals surface area contributed by atoms with Crippen LogP contribution in [0.25, 0.3) is 16.8 Å². The van der Waals surface area contributed by atoms with Gasteiger partial charge in [-0.2, -0.15) is 9.61 Å². The second-order valence-electron chi connectivity index (χ2n) is 6.58. The molecule has 0 fully saturated rings. The number of ether oxygens (including phenoxy) is 1. The Morgan fingerprint density at radius 1 is 1.17 bits per heavy atom. The Bertz CT molecular complexity index is 1210. The number of carbonyl (C=O) groups is 1. The molecule has 0 spiro atoms. The van der Waals surface area contributed by atoms with Crippen LogP contribution in [0.4, 0.5) is 0 Å². The SMILES string of the molecule is COc1cc(-c2cnn3c(O)c(CCC(=O)O)cnc23)ccc1Sc1ccccc1. The van der Waals surface area contributed by atoms with Gasteiger partial charge in [0.05, 0.1) is 18.2 Å². The third kappa shape index (κ3) is 3.95. The van der Waals surface area contributed by atoms with Gasteiger partial charge >= 0.3 is 5.97 Å². The maximum Gasteiger partial charge on any atom is 0.303 e. The van der Waals surface area contributed by atoms with Crippen LogP contribution < -0.4 is 4.74 Å². The molecule has 0 saturated carbocycles. The van der Waals surface area contributed by atoms with E-state index in [1.165, 1.54) is 10.7 Å². The van der Waals surface area contributed by atoms with Crippen LogP contribution in [0.2, 0.25) is 0 Å². The van der Waals surface area contributed by atoms with E-state index in [-0.39, 0.29) is 18.7 Å². The highest BCUT2D eigenvalue weighted by atomic mass is 32.2. The Morgan fingerprint density at radius 2 is 1.97 bits per heavy atom. The Morgan fingerprint density at radius 3 is 2.70 bits per heavy atom. The average molecular weight is 421 g/mol. The van der Waals surface area contributed by atoms with Crippen LogP contribution in [0.3, 0.4) is 0 Å². The van der Waals surface area contributed by atoms with Gasteiger partial charge in [0.2, 0.25) is 5.88 Å². The molecule has 0 radical (unpaired) electrons. The molecule has 152 valence electrons. The lowest BCUT2D eigenvalue weighted by atomic mass is 10.1. The number of nitrogens with zero attached hydrogens (tertiary/aromatic N) is 3. The lowest BCUT2D eigenvalue weighted by Crippen LogP contribution is -2.01. The first-order valence-corrected chi connectivity index (χ1v) is 10.1. The molecular weight excluding hydrogens is 402 g/mol. The van der Waals surface area contributed by atoms with E-state index in [1.54, 1.807) is 25.1 Å². The summed E-state index contributed by atoms with van der Waals surface area (Å²) >= 11 is 1.61. The molecule has 0 atom stereocenters. The zero-order valence-corrected chi connectivity index (χ0v) is 17.0. The number of aliphatic carboxylic acids is 1. The van der Waals surface area contributed by atoms with Gasteiger partial charge in [0, 0.05) is 28.6 Å². The summed E-state index contributed by atoms with van der Waals surface area (Å²) in [7, 11) is 1.63. The molecule has 0 aliphatic carbocycles. The van der Waals surface area contributed by atoms with Crippen molar-refractivity contribution in [1.82, 2.24) is 14.6 Å². The molecule has 0 aliphatic heterocycles. The van der Waals surface area contributed by atoms with Crippen LogP contribution in [-0.4, -0.2) is 37.9 Å². The highest BCUT2D eigenvalue weighted by Crippen LogP contribution is 2.38. The van der Waals surface area contributed by atoms with E-state index >= 15 is 0 Å². The first-order chi connectivity index (χ1) is 14.6. The van der Waals surface area contributed by atoms with Crippen LogP contribution >= 0.6 is 11.8 Å². The fourth-order valence-corrected chi connectivity index (χ4v) is 4.04. The first-order valence-electron chi connectivity index (χ1n) is 9.24. The Kier molecular flexibility index (Phi) is 5.58. The zero-order valence-electron chi connectivity index (χ0n) is 16.1. The van der Waals surface area contributed by atoms with Gasteiger partial charge in [-0.15, -0.1) is 0 Å². The van der Waals surface area contributed by atoms with Crippen molar-refractivity contribution < 1.29 is 19.7 Å². The number of aromatic hydroxyl groups is 1. The molecule has 8 heteroatoms. The molecule has 30 heavy (non-hydrogen) atoms. The third-order valence-corrected chi connectivity index (χ3v) is 5.69. The largest absolute Gasteiger partial charge is 0.496 e. The van der Waals surface area contributed by atoms with Gasteiger partial charge in [0.15, 0.2) is 5.65 Å². The van der Waals surface area contributed by atoms with E-state index in [2.05, 4.69) is 10.1 Å². The molecule has 4 rings (SSSR count). The molecule has 0 aliphatic rings. The molecule has 2 aromatic carbocycles. The lowest BCUT2D eigenvalue weighted by molar-refractivity contribution is -0.136. The minimum absolute atomic E-state index is 0.0907. The molecule has 0 amide bonds. The summed E-state index contributed by atoms with van der Waals surface area (Å²) in [5.41, 5.74) is 2.51. The van der Waals surface area contributed by atoms with Crippen LogP contribution in [0, 0.1) is 0 Å². The van der Waals surface area contributed by atoms with Crippen molar-refractivity contribution >= 4 is 23.4 Å². The monoisotopic (exact) mass is 421 g/mol. The van der Waals surface area contributed by atoms with Crippen molar-refractivity contribution in [2.45, 2.75) is 22.6 Å². The van der Waals surface area contributed by atoms with Crippen LogP contribution in [-0.2, 0) is 11.2 Å². The number of carboxylic acids is 1. The summed E-state index contributed by atoms with van der Waals surface area (Å²) in [4.78, 5) is 17.3. The van der Waals surface area contributed by atoms with Gasteiger partial charge in [-0.1, -0.05) is 36.0 Å². The van der Waals surface area contributed by atoms with E-state index in [0.29, 0.717) is 11.2 Å². The molecule has 0 unspecified atom stereocenters. The molecule has 7 nitrogen and oxygen atoms in total. The number of rotatable bonds is 7. The molecule has 4 aromatic rings. The molecule has 2 heterocycles. The van der Waals surface area contributed by atoms with Gasteiger partial charge in [-0.3, -0.25) is 4.79 Å². The fraction of sp³-hybridized carbons (Fsp3) is 0.136. The summed E-state index contributed by atoms with van der Waals surface area (Å²) < 4.78 is 6.92. The first kappa shape index (κ1) is 19.8. The minimum Gasteiger partial charge on any atom is -0.496 e. The van der Waals surface area contributed by atoms with Crippen molar-refractivity contribution in [2.24, 2.45) is 0 Å². The maximum absolute atomic E-state index is 10.8. The molecule has 0 saturated heterocycles. The maximum atomic E-state index is 10.8. The summed E-state index contributed by atoms with van der Waals surface area (Å²) in [5.74, 6) is -0.310. The molecule has 2 N–H and O–H groups in total. The predicted molar refractivity (Wildman–Crippen MR) is 113 cm³/mol. The van der Waals surface area contributed by atoms with E-state index in [4.69, 9.17) is 9.84 Å². The fourth-order valence-electron chi connectivity index (χ4n) is 3.11. The average Bonchev–Trinajstić information content (AvgIpc) is 3.19. The van der Waals surface area contributed by atoms with E-state index < -0.39 is 5.97 Å². The van der Waals surface area contributed by atoms with Gasteiger partial charge < -0.3 is 14.9 Å². The van der Waals surface area contributed by atoms with Crippen molar-refractivity contribution in [3.05, 3.63) is 66.5 Å². The minimum atomic E-state index is -0.934. The second-order valence-corrected chi connectivity index (χ2v) is 7.69. The number of hydrogen-bond donors (Lipinski definition) is 2. The third-order valence-electron chi connectivity index (χ3n) is 4.63. The summed E-state index contributed by atoms with van der Waals surface area (Å²) in [6, 6.07) is 15.9. The molecule has 2 aromatic heterocycles. The van der Waals surface area contributed by atoms with E-state index in [9.17, 15) is 9.90 Å². The number of fused-ring (bicyclic) bond motifs is 1. The van der Waals surface area contributed by atoms with Gasteiger partial charge in [-0.05, 0) is 36.2 Å². The number of carboxylic acid groups (broad SMARTS) is 1. The van der Waals surface area contributed by atoms with Crippen molar-refractivity contribution in [1.29, 1.82) is 0 Å². The smallest absolute Gasteiger partial charge is 0.303 e. The van der Waals surface area contributed by atoms with Crippen LogP contribution in [0.5, 0.6) is 11.6 Å². The summed E-state index contributed by atoms with van der Waals surface area (Å²) in [6.45, 7) is 0. The predicted octanol–water partition coefficient (Wildman–Crippen LogP) is 4.28. The van der Waals surface area contributed by atoms with Gasteiger partial charge in [0.25, 0.3) is 0 Å². The van der Waals surface area contributed by atoms with Crippen LogP contribution in [0.1, 0.15) is 12.0 Å². The summed E-state index contributed by atoms with van der Waals surface area (Å²) in [6.07, 6.45) is 3.21. The van der Waals surface area contributed by atoms with Crippen molar-refractivity contribution in [3.63, 3.8) is 0 Å². The van der Waals surface area contributed by atoms with Crippen molar-refractivity contribution in [2.75, 3.05) is 7.11 Å². The van der Waals surface area contributed by atoms with Crippen molar-refractivity contribution in [3.8, 4) is 22.8 Å². The zero-order chi connectivity index (χ0) is 21.1. The number of aromatic nitrogens is 3. The Balaban J connectivity index is 1.68. The highest BCUT2D eigenvalue weighted by Gasteiger charge is 2.16. The topological polar surface area (TPSA) is 97.0 Å². The lowest BCUT2D eigenvalue weighted by Gasteiger charge is -2.10. The molecular formula is C22H19N3O4S. The van der Waals surface area contributed by atoms with Crippen LogP contribution in [0.15, 0.2) is 70.7 Å². The highest BCUT2D eigenvalue weighted by molar-refractivity contribution is 7.99. The normalized spacial score (nSPS) is 11.0. The summed E-state index contributed by atoms with van der Waals surface area (Å²) in [5, 5.41) is 23.6. The van der Waals surface area contributed by atoms with E-state index in [0.717, 1.165) is 26.7 Å². The Hall–Kier alpha value is -3.52. The number of methoxy groups -OCH3 is 1. The molecule has 0 bridgehead atoms. The quantitative estimate of drug-likeness (QED) is 0.460. The number of aryl methyl sites for hydroxylation is 1. The second kappa shape index (κ2) is 8.46.